The lowest BCUT2D eigenvalue weighted by molar-refractivity contribution is -0.141. The topological polar surface area (TPSA) is 588 Å². The fourth-order valence-corrected chi connectivity index (χ4v) is 11.1. The van der Waals surface area contributed by atoms with Crippen LogP contribution >= 0.6 is 0 Å². The number of carbonyl (C=O) groups is 14. The third kappa shape index (κ3) is 27.0. The molecule has 35 nitrogen and oxygen atoms in total. The molecule has 103 heavy (non-hydrogen) atoms. The largest absolute Gasteiger partial charge is 0.399 e. The van der Waals surface area contributed by atoms with Crippen LogP contribution in [0, 0.1) is 5.92 Å². The van der Waals surface area contributed by atoms with Gasteiger partial charge in [0.2, 0.25) is 76.8 Å². The van der Waals surface area contributed by atoms with Crippen LogP contribution in [0.4, 0.5) is 17.1 Å². The summed E-state index contributed by atoms with van der Waals surface area (Å²) in [6.45, 7) is 14.3. The number of piperidine rings is 1. The number of rotatable bonds is 24. The van der Waals surface area contributed by atoms with Gasteiger partial charge in [-0.1, -0.05) is 36.4 Å². The number of guanidine groups is 1. The first-order valence-electron chi connectivity index (χ1n) is 33.9. The zero-order chi connectivity index (χ0) is 77.1. The maximum Gasteiger partial charge on any atom is 0.246 e. The highest BCUT2D eigenvalue weighted by atomic mass is 16.2. The van der Waals surface area contributed by atoms with E-state index in [4.69, 9.17) is 57.3 Å². The number of primary amides is 3. The average molecular weight is 1440 g/mol. The highest BCUT2D eigenvalue weighted by Crippen LogP contribution is 2.20. The van der Waals surface area contributed by atoms with E-state index in [0.29, 0.717) is 108 Å². The average Bonchev–Trinajstić information content (AvgIpc) is 1.71. The summed E-state index contributed by atoms with van der Waals surface area (Å²) >= 11 is 0. The number of aliphatic imine (C=N–C) groups is 1. The summed E-state index contributed by atoms with van der Waals surface area (Å²) < 4.78 is 0. The Morgan fingerprint density at radius 3 is 1.20 bits per heavy atom. The normalized spacial score (nSPS) is 19.5. The lowest BCUT2D eigenvalue weighted by Gasteiger charge is -2.33. The Balaban J connectivity index is 0.000000284. The van der Waals surface area contributed by atoms with Gasteiger partial charge in [0.05, 0.1) is 49.6 Å². The fourth-order valence-electron chi connectivity index (χ4n) is 11.1. The summed E-state index contributed by atoms with van der Waals surface area (Å²) in [4.78, 5) is 175. The van der Waals surface area contributed by atoms with Crippen LogP contribution in [-0.2, 0) is 86.4 Å². The van der Waals surface area contributed by atoms with Crippen molar-refractivity contribution in [2.45, 2.75) is 167 Å². The molecule has 5 fully saturated rings. The Labute approximate surface area is 598 Å². The predicted molar refractivity (Wildman–Crippen MR) is 384 cm³/mol. The number of carbonyl (C=O) groups excluding carboxylic acids is 14. The number of hydrogen-bond donors (Lipinski definition) is 15. The molecule has 3 unspecified atom stereocenters. The smallest absolute Gasteiger partial charge is 0.246 e. The molecule has 0 radical (unpaired) electrons. The first-order chi connectivity index (χ1) is 48.4. The lowest BCUT2D eigenvalue weighted by Crippen LogP contribution is -2.54. The van der Waals surface area contributed by atoms with Crippen LogP contribution < -0.4 is 83.9 Å². The van der Waals surface area contributed by atoms with Crippen molar-refractivity contribution in [1.29, 1.82) is 0 Å². The van der Waals surface area contributed by atoms with Crippen molar-refractivity contribution in [3.63, 3.8) is 0 Å². The van der Waals surface area contributed by atoms with Crippen LogP contribution in [0.5, 0.6) is 0 Å². The molecule has 8 rings (SSSR count). The van der Waals surface area contributed by atoms with Crippen LogP contribution in [0.15, 0.2) is 77.8 Å². The summed E-state index contributed by atoms with van der Waals surface area (Å²) in [6.07, 6.45) is 4.39. The standard InChI is InChI=1S/C18H27N7O3.C18H25N5O4.C16H27N5O4.C8H14N2O2.C8H10N2O/c1-11(25-9-7-14(19)17(25)28)16(27)23-10-15(26)24-13-4-2-12(3-5-13)6-8-22-18(20)21;1-10(21-17(26)11(2)23-8-7-14(19)18(23)27)16(25)22-13-5-3-12(4-6-13)9-15(20)24;1-9(15(24)20-6-3-11(4-7-20)13(18)22)19-14(23)10(2)21-8-5-12(17)16(21)25;1-5(6(2)11)10-4-3-7(9)8(10)12;9-7-3-1-6(2-4-7)5-8(10)11/h2-5,11,14H,6-10,19H2,1H3,(H,23,27)(H,24,26)(H4,20,21,22);3-6,10-11,14H,7-9,19H2,1-2H3,(H2,20,24)(H,21,26)(H,22,25);9-12H,3-8,17H2,1-2H3,(H2,18,22)(H,19,23);5,7H,3-4,9H2,1-2H3;1-4H,5,9H2,(H2,10,11)/t11-,14?;10-,11-,14?;9-,10-,12?;5-,7+;/m0000./s1. The van der Waals surface area contributed by atoms with E-state index in [0.717, 1.165) is 16.7 Å². The van der Waals surface area contributed by atoms with Crippen molar-refractivity contribution in [3.8, 4) is 0 Å². The zero-order valence-corrected chi connectivity index (χ0v) is 59.5. The molecule has 0 aromatic heterocycles. The van der Waals surface area contributed by atoms with Gasteiger partial charge in [-0.05, 0) is 147 Å². The molecular formula is C68H103N21O14. The molecule has 0 aliphatic carbocycles. The van der Waals surface area contributed by atoms with Gasteiger partial charge in [-0.25, -0.2) is 0 Å². The molecule has 0 saturated carbocycles. The Morgan fingerprint density at radius 2 is 0.835 bits per heavy atom. The summed E-state index contributed by atoms with van der Waals surface area (Å²) in [5.74, 6) is -4.23. The monoisotopic (exact) mass is 1440 g/mol. The molecule has 0 bridgehead atoms. The molecule has 5 aliphatic rings. The van der Waals surface area contributed by atoms with E-state index in [1.165, 1.54) is 21.6 Å². The van der Waals surface area contributed by atoms with Crippen LogP contribution in [0.2, 0.25) is 0 Å². The maximum atomic E-state index is 12.5. The number of ketones is 1. The number of likely N-dealkylation sites (tertiary alicyclic amines) is 5. The quantitative estimate of drug-likeness (QED) is 0.0229. The number of nitrogens with one attached hydrogen (secondary N) is 5. The molecule has 3 aromatic rings. The number of hydrogen-bond acceptors (Lipinski definition) is 20. The minimum Gasteiger partial charge on any atom is -0.399 e. The molecule has 25 N–H and O–H groups in total. The second-order valence-electron chi connectivity index (χ2n) is 25.7. The van der Waals surface area contributed by atoms with E-state index in [2.05, 4.69) is 31.6 Å². The Hall–Kier alpha value is -10.7. The van der Waals surface area contributed by atoms with Gasteiger partial charge in [0.15, 0.2) is 11.7 Å². The lowest BCUT2D eigenvalue weighted by atomic mass is 9.96. The molecule has 35 heteroatoms. The Bertz CT molecular complexity index is 3510. The number of nitrogen functional groups attached to an aromatic ring is 1. The van der Waals surface area contributed by atoms with Gasteiger partial charge < -0.3 is 108 Å². The number of amides is 13. The number of nitrogens with two attached hydrogens (primary N) is 10. The molecule has 13 amide bonds. The molecule has 0 spiro atoms. The first kappa shape index (κ1) is 84.8. The summed E-state index contributed by atoms with van der Waals surface area (Å²) in [7, 11) is 0. The number of nitrogens with zero attached hydrogens (tertiary/aromatic N) is 6. The van der Waals surface area contributed by atoms with Crippen molar-refractivity contribution in [2.24, 2.45) is 62.5 Å². The van der Waals surface area contributed by atoms with E-state index in [-0.39, 0.29) is 96.3 Å². The van der Waals surface area contributed by atoms with E-state index >= 15 is 0 Å². The van der Waals surface area contributed by atoms with E-state index in [9.17, 15) is 67.1 Å². The van der Waals surface area contributed by atoms with Crippen LogP contribution in [-0.4, -0.2) is 226 Å². The summed E-state index contributed by atoms with van der Waals surface area (Å²) in [5.41, 5.74) is 58.4. The van der Waals surface area contributed by atoms with Gasteiger partial charge in [-0.2, -0.15) is 0 Å². The Kier molecular flexibility index (Phi) is 33.5. The minimum absolute atomic E-state index is 0.0115. The molecule has 10 atom stereocenters. The molecule has 5 saturated heterocycles. The third-order valence-electron chi connectivity index (χ3n) is 17.7. The SMILES string of the molecule is CC(=O)[C@H](C)N1CC[C@@H](N)C1=O.C[C@@H](C(=O)NCC(=O)Nc1ccc(CCN=C(N)N)cc1)N1CCC(N)C1=O.C[C@H](NC(=O)[C@H](C)N1CCC(N)C1=O)C(=O)N1CCC(C(N)=O)CC1.C[C@H](NC(=O)[C@H](C)N1CCC(N)C1=O)C(=O)Nc1ccc(CC(N)=O)cc1.NC(=O)Cc1ccc(N)cc1. The number of anilines is 3. The van der Waals surface area contributed by atoms with E-state index in [1.54, 1.807) is 112 Å². The molecule has 5 aliphatic heterocycles. The van der Waals surface area contributed by atoms with Crippen molar-refractivity contribution < 1.29 is 67.1 Å². The van der Waals surface area contributed by atoms with Crippen LogP contribution in [0.25, 0.3) is 0 Å². The van der Waals surface area contributed by atoms with E-state index in [1.807, 2.05) is 12.1 Å². The maximum absolute atomic E-state index is 12.5. The predicted octanol–water partition coefficient (Wildman–Crippen LogP) is -4.41. The fraction of sp³-hybridized carbons (Fsp3) is 0.515. The summed E-state index contributed by atoms with van der Waals surface area (Å²) in [5, 5.41) is 13.2. The molecular weight excluding hydrogens is 1330 g/mol. The zero-order valence-electron chi connectivity index (χ0n) is 59.5. The first-order valence-corrected chi connectivity index (χ1v) is 33.9. The minimum atomic E-state index is -0.795. The van der Waals surface area contributed by atoms with Crippen molar-refractivity contribution in [1.82, 2.24) is 40.4 Å². The van der Waals surface area contributed by atoms with E-state index < -0.39 is 78.0 Å². The number of Topliss-reactive ketones (excluding diaryl/α,β-unsaturated/α-hetero) is 1. The number of benzene rings is 3. The second kappa shape index (κ2) is 40.7. The van der Waals surface area contributed by atoms with Crippen LogP contribution in [0.3, 0.4) is 0 Å². The van der Waals surface area contributed by atoms with Gasteiger partial charge in [0.25, 0.3) is 0 Å². The molecule has 564 valence electrons. The van der Waals surface area contributed by atoms with Gasteiger partial charge in [0, 0.05) is 68.8 Å². The van der Waals surface area contributed by atoms with Gasteiger partial charge >= 0.3 is 0 Å². The highest BCUT2D eigenvalue weighted by Gasteiger charge is 2.39. The van der Waals surface area contributed by atoms with Crippen molar-refractivity contribution >= 4 is 106 Å². The summed E-state index contributed by atoms with van der Waals surface area (Å²) in [6, 6.07) is 15.1. The molecule has 3 aromatic carbocycles. The highest BCUT2D eigenvalue weighted by molar-refractivity contribution is 5.99. The van der Waals surface area contributed by atoms with Crippen LogP contribution in [0.1, 0.15) is 104 Å². The van der Waals surface area contributed by atoms with Gasteiger partial charge in [0.1, 0.15) is 30.2 Å². The second-order valence-corrected chi connectivity index (χ2v) is 25.7. The third-order valence-corrected chi connectivity index (χ3v) is 17.7. The van der Waals surface area contributed by atoms with Gasteiger partial charge in [-0.15, -0.1) is 0 Å². The van der Waals surface area contributed by atoms with Gasteiger partial charge in [-0.3, -0.25) is 72.1 Å². The van der Waals surface area contributed by atoms with Crippen molar-refractivity contribution in [2.75, 3.05) is 68.7 Å². The van der Waals surface area contributed by atoms with Crippen molar-refractivity contribution in [3.05, 3.63) is 89.5 Å². The molecule has 5 heterocycles. The Morgan fingerprint density at radius 1 is 0.466 bits per heavy atom.